The second kappa shape index (κ2) is 8.69. The standard InChI is InChI=1S/C23H30N4O4/c1-15-8-2-5-12-18(15)24-21(30)25-19(28)14-27-20(29)23(26-22(27)31)13-7-6-10-16-9-3-4-11-17(16)23/h3-4,9,11,15,18H,2,5-8,10,12-14H2,1H3,(H,26,31)(H2,24,25,28,30). The fraction of sp³-hybridized carbons (Fsp3) is 0.565. The first-order valence-corrected chi connectivity index (χ1v) is 11.2. The van der Waals surface area contributed by atoms with Gasteiger partial charge in [0.05, 0.1) is 0 Å². The molecule has 1 saturated carbocycles. The number of nitrogens with zero attached hydrogens (tertiary/aromatic N) is 1. The fourth-order valence-corrected chi connectivity index (χ4v) is 5.16. The van der Waals surface area contributed by atoms with Crippen molar-refractivity contribution in [2.45, 2.75) is 69.9 Å². The summed E-state index contributed by atoms with van der Waals surface area (Å²) >= 11 is 0. The third-order valence-corrected chi connectivity index (χ3v) is 6.88. The number of amides is 6. The van der Waals surface area contributed by atoms with Gasteiger partial charge in [-0.1, -0.05) is 44.0 Å². The first kappa shape index (κ1) is 21.3. The van der Waals surface area contributed by atoms with Gasteiger partial charge in [0.25, 0.3) is 5.91 Å². The van der Waals surface area contributed by atoms with Crippen LogP contribution in [0, 0.1) is 5.92 Å². The van der Waals surface area contributed by atoms with Gasteiger partial charge in [0.2, 0.25) is 5.91 Å². The summed E-state index contributed by atoms with van der Waals surface area (Å²) in [4.78, 5) is 51.7. The van der Waals surface area contributed by atoms with E-state index in [1.165, 1.54) is 0 Å². The highest BCUT2D eigenvalue weighted by Crippen LogP contribution is 2.38. The van der Waals surface area contributed by atoms with Crippen LogP contribution in [0.5, 0.6) is 0 Å². The molecule has 31 heavy (non-hydrogen) atoms. The summed E-state index contributed by atoms with van der Waals surface area (Å²) in [7, 11) is 0. The third kappa shape index (κ3) is 4.16. The summed E-state index contributed by atoms with van der Waals surface area (Å²) in [5, 5.41) is 7.98. The Morgan fingerprint density at radius 2 is 1.90 bits per heavy atom. The second-order valence-electron chi connectivity index (χ2n) is 8.98. The summed E-state index contributed by atoms with van der Waals surface area (Å²) in [6.07, 6.45) is 7.20. The van der Waals surface area contributed by atoms with Crippen LogP contribution in [0.25, 0.3) is 0 Å². The quantitative estimate of drug-likeness (QED) is 0.646. The van der Waals surface area contributed by atoms with E-state index in [1.54, 1.807) is 0 Å². The second-order valence-corrected chi connectivity index (χ2v) is 8.98. The van der Waals surface area contributed by atoms with Gasteiger partial charge < -0.3 is 10.6 Å². The molecule has 3 N–H and O–H groups in total. The summed E-state index contributed by atoms with van der Waals surface area (Å²) in [6, 6.07) is 6.50. The number of hydrogen-bond donors (Lipinski definition) is 3. The molecule has 1 aliphatic heterocycles. The Kier molecular flexibility index (Phi) is 5.98. The highest BCUT2D eigenvalue weighted by Gasteiger charge is 2.53. The molecule has 6 amide bonds. The predicted octanol–water partition coefficient (Wildman–Crippen LogP) is 2.56. The van der Waals surface area contributed by atoms with Crippen molar-refractivity contribution in [1.29, 1.82) is 0 Å². The lowest BCUT2D eigenvalue weighted by Gasteiger charge is -2.29. The number of aryl methyl sites for hydroxylation is 1. The fourth-order valence-electron chi connectivity index (χ4n) is 5.16. The van der Waals surface area contributed by atoms with E-state index in [9.17, 15) is 19.2 Å². The normalized spacial score (nSPS) is 28.0. The van der Waals surface area contributed by atoms with Crippen molar-refractivity contribution in [2.24, 2.45) is 5.92 Å². The van der Waals surface area contributed by atoms with Crippen molar-refractivity contribution in [3.8, 4) is 0 Å². The predicted molar refractivity (Wildman–Crippen MR) is 114 cm³/mol. The molecule has 2 aliphatic carbocycles. The average molecular weight is 427 g/mol. The maximum atomic E-state index is 13.4. The molecule has 3 atom stereocenters. The Hall–Kier alpha value is -2.90. The van der Waals surface area contributed by atoms with E-state index in [2.05, 4.69) is 22.9 Å². The van der Waals surface area contributed by atoms with Crippen molar-refractivity contribution in [3.63, 3.8) is 0 Å². The number of nitrogens with one attached hydrogen (secondary N) is 3. The van der Waals surface area contributed by atoms with Gasteiger partial charge >= 0.3 is 12.1 Å². The number of benzene rings is 1. The van der Waals surface area contributed by atoms with Crippen LogP contribution in [0.4, 0.5) is 9.59 Å². The van der Waals surface area contributed by atoms with Gasteiger partial charge in [-0.3, -0.25) is 19.8 Å². The van der Waals surface area contributed by atoms with E-state index < -0.39 is 36.0 Å². The molecule has 2 fully saturated rings. The van der Waals surface area contributed by atoms with Crippen LogP contribution in [0.2, 0.25) is 0 Å². The summed E-state index contributed by atoms with van der Waals surface area (Å²) in [5.41, 5.74) is 0.711. The molecule has 8 heteroatoms. The molecule has 3 aliphatic rings. The minimum atomic E-state index is -1.13. The SMILES string of the molecule is CC1CCCCC1NC(=O)NC(=O)CN1C(=O)NC2(CCCCc3ccccc32)C1=O. The van der Waals surface area contributed by atoms with Gasteiger partial charge in [-0.05, 0) is 55.6 Å². The minimum Gasteiger partial charge on any atom is -0.335 e. The molecule has 1 aromatic rings. The van der Waals surface area contributed by atoms with Gasteiger partial charge in [0, 0.05) is 6.04 Å². The molecule has 8 nitrogen and oxygen atoms in total. The molecular weight excluding hydrogens is 396 g/mol. The molecule has 0 aromatic heterocycles. The topological polar surface area (TPSA) is 108 Å². The molecule has 166 valence electrons. The molecule has 3 unspecified atom stereocenters. The number of hydrogen-bond acceptors (Lipinski definition) is 4. The van der Waals surface area contributed by atoms with E-state index in [0.717, 1.165) is 61.0 Å². The van der Waals surface area contributed by atoms with Crippen LogP contribution in [-0.2, 0) is 21.5 Å². The van der Waals surface area contributed by atoms with Crippen LogP contribution in [0.1, 0.15) is 63.0 Å². The van der Waals surface area contributed by atoms with E-state index >= 15 is 0 Å². The van der Waals surface area contributed by atoms with Crippen LogP contribution >= 0.6 is 0 Å². The Labute approximate surface area is 182 Å². The molecular formula is C23H30N4O4. The molecule has 0 radical (unpaired) electrons. The Morgan fingerprint density at radius 3 is 2.71 bits per heavy atom. The Balaban J connectivity index is 1.43. The molecule has 1 heterocycles. The number of fused-ring (bicyclic) bond motifs is 2. The average Bonchev–Trinajstić information content (AvgIpc) is 2.88. The van der Waals surface area contributed by atoms with E-state index in [4.69, 9.17) is 0 Å². The van der Waals surface area contributed by atoms with Crippen molar-refractivity contribution in [1.82, 2.24) is 20.9 Å². The lowest BCUT2D eigenvalue weighted by atomic mass is 9.84. The zero-order chi connectivity index (χ0) is 22.0. The molecule has 1 spiro atoms. The number of carbonyl (C=O) groups excluding carboxylic acids is 4. The first-order chi connectivity index (χ1) is 14.9. The zero-order valence-electron chi connectivity index (χ0n) is 17.9. The van der Waals surface area contributed by atoms with Gasteiger partial charge in [0.15, 0.2) is 0 Å². The van der Waals surface area contributed by atoms with E-state index in [1.807, 2.05) is 24.3 Å². The van der Waals surface area contributed by atoms with E-state index in [-0.39, 0.29) is 6.04 Å². The minimum absolute atomic E-state index is 0.0315. The van der Waals surface area contributed by atoms with Crippen molar-refractivity contribution in [3.05, 3.63) is 35.4 Å². The molecule has 0 bridgehead atoms. The summed E-state index contributed by atoms with van der Waals surface area (Å²) in [5.74, 6) is -0.748. The van der Waals surface area contributed by atoms with Crippen LogP contribution < -0.4 is 16.0 Å². The lowest BCUT2D eigenvalue weighted by Crippen LogP contribution is -2.50. The Morgan fingerprint density at radius 1 is 1.13 bits per heavy atom. The van der Waals surface area contributed by atoms with E-state index in [0.29, 0.717) is 12.3 Å². The molecule has 1 saturated heterocycles. The first-order valence-electron chi connectivity index (χ1n) is 11.2. The highest BCUT2D eigenvalue weighted by atomic mass is 16.2. The van der Waals surface area contributed by atoms with Crippen molar-refractivity contribution < 1.29 is 19.2 Å². The van der Waals surface area contributed by atoms with Crippen LogP contribution in [0.15, 0.2) is 24.3 Å². The van der Waals surface area contributed by atoms with Crippen LogP contribution in [0.3, 0.4) is 0 Å². The third-order valence-electron chi connectivity index (χ3n) is 6.88. The largest absolute Gasteiger partial charge is 0.335 e. The van der Waals surface area contributed by atoms with Crippen LogP contribution in [-0.4, -0.2) is 41.4 Å². The number of carbonyl (C=O) groups is 4. The molecule has 1 aromatic carbocycles. The van der Waals surface area contributed by atoms with Crippen molar-refractivity contribution >= 4 is 23.9 Å². The van der Waals surface area contributed by atoms with Gasteiger partial charge in [-0.25, -0.2) is 9.59 Å². The summed E-state index contributed by atoms with van der Waals surface area (Å²) in [6.45, 7) is 1.60. The monoisotopic (exact) mass is 426 g/mol. The number of rotatable bonds is 3. The van der Waals surface area contributed by atoms with Crippen molar-refractivity contribution in [2.75, 3.05) is 6.54 Å². The zero-order valence-corrected chi connectivity index (χ0v) is 17.9. The Bertz CT molecular complexity index is 901. The summed E-state index contributed by atoms with van der Waals surface area (Å²) < 4.78 is 0. The van der Waals surface area contributed by atoms with Gasteiger partial charge in [0.1, 0.15) is 12.1 Å². The maximum Gasteiger partial charge on any atom is 0.325 e. The smallest absolute Gasteiger partial charge is 0.325 e. The lowest BCUT2D eigenvalue weighted by molar-refractivity contribution is -0.135. The maximum absolute atomic E-state index is 13.4. The highest BCUT2D eigenvalue weighted by molar-refractivity contribution is 6.10. The molecule has 4 rings (SSSR count). The number of imide groups is 2. The van der Waals surface area contributed by atoms with Gasteiger partial charge in [-0.15, -0.1) is 0 Å². The number of urea groups is 2. The van der Waals surface area contributed by atoms with Gasteiger partial charge in [-0.2, -0.15) is 0 Å².